The first kappa shape index (κ1) is 11.4. The van der Waals surface area contributed by atoms with Crippen molar-refractivity contribution >= 4 is 11.6 Å². The van der Waals surface area contributed by atoms with Crippen molar-refractivity contribution in [2.75, 3.05) is 13.2 Å². The summed E-state index contributed by atoms with van der Waals surface area (Å²) in [6.07, 6.45) is 3.71. The summed E-state index contributed by atoms with van der Waals surface area (Å²) in [5.41, 5.74) is 0. The van der Waals surface area contributed by atoms with Crippen molar-refractivity contribution < 1.29 is 14.3 Å². The molecule has 0 bridgehead atoms. The van der Waals surface area contributed by atoms with E-state index < -0.39 is 0 Å². The molecule has 0 N–H and O–H groups in total. The predicted octanol–water partition coefficient (Wildman–Crippen LogP) is 1.74. The molecule has 1 heterocycles. The summed E-state index contributed by atoms with van der Waals surface area (Å²) < 4.78 is 5.24. The van der Waals surface area contributed by atoms with E-state index in [-0.39, 0.29) is 17.5 Å². The molecule has 1 unspecified atom stereocenters. The highest BCUT2D eigenvalue weighted by Gasteiger charge is 2.20. The third-order valence-corrected chi connectivity index (χ3v) is 2.57. The molecular formula is C11H18O3. The average Bonchev–Trinajstić information content (AvgIpc) is 2.18. The minimum absolute atomic E-state index is 0.0932. The van der Waals surface area contributed by atoms with Gasteiger partial charge in [0.2, 0.25) is 0 Å². The van der Waals surface area contributed by atoms with Crippen LogP contribution in [0.1, 0.15) is 39.0 Å². The Balaban J connectivity index is 2.16. The molecule has 0 aromatic heterocycles. The van der Waals surface area contributed by atoms with Crippen molar-refractivity contribution in [3.8, 4) is 0 Å². The Morgan fingerprint density at radius 3 is 2.71 bits per heavy atom. The highest BCUT2D eigenvalue weighted by atomic mass is 16.5. The normalized spacial score (nSPS) is 21.9. The van der Waals surface area contributed by atoms with Gasteiger partial charge in [0, 0.05) is 25.4 Å². The van der Waals surface area contributed by atoms with Gasteiger partial charge >= 0.3 is 0 Å². The summed E-state index contributed by atoms with van der Waals surface area (Å²) in [5, 5.41) is 0. The largest absolute Gasteiger partial charge is 0.381 e. The zero-order valence-corrected chi connectivity index (χ0v) is 8.75. The molecule has 1 saturated heterocycles. The van der Waals surface area contributed by atoms with Crippen LogP contribution in [0.2, 0.25) is 0 Å². The van der Waals surface area contributed by atoms with E-state index in [0.717, 1.165) is 19.4 Å². The number of carbonyl (C=O) groups is 2. The molecule has 0 spiro atoms. The molecule has 1 aliphatic heterocycles. The summed E-state index contributed by atoms with van der Waals surface area (Å²) in [7, 11) is 0. The summed E-state index contributed by atoms with van der Waals surface area (Å²) >= 11 is 0. The molecule has 0 aromatic rings. The number of hydrogen-bond acceptors (Lipinski definition) is 3. The van der Waals surface area contributed by atoms with Gasteiger partial charge in [-0.3, -0.25) is 4.79 Å². The molecule has 80 valence electrons. The van der Waals surface area contributed by atoms with Crippen LogP contribution in [0, 0.1) is 5.92 Å². The molecule has 1 atom stereocenters. The topological polar surface area (TPSA) is 43.4 Å². The van der Waals surface area contributed by atoms with Gasteiger partial charge in [-0.1, -0.05) is 0 Å². The highest BCUT2D eigenvalue weighted by Crippen LogP contribution is 2.17. The molecular weight excluding hydrogens is 180 g/mol. The minimum Gasteiger partial charge on any atom is -0.381 e. The quantitative estimate of drug-likeness (QED) is 0.675. The number of rotatable bonds is 5. The second kappa shape index (κ2) is 5.91. The SMILES string of the molecule is CC(=O)CCCC(=O)C1CCCOC1. The second-order valence-corrected chi connectivity index (χ2v) is 3.94. The van der Waals surface area contributed by atoms with E-state index in [9.17, 15) is 9.59 Å². The molecule has 0 aromatic carbocycles. The number of ketones is 2. The lowest BCUT2D eigenvalue weighted by Crippen LogP contribution is -2.25. The third-order valence-electron chi connectivity index (χ3n) is 2.57. The Bertz CT molecular complexity index is 205. The van der Waals surface area contributed by atoms with Crippen LogP contribution >= 0.6 is 0 Å². The van der Waals surface area contributed by atoms with Crippen LogP contribution in [-0.2, 0) is 14.3 Å². The lowest BCUT2D eigenvalue weighted by atomic mass is 9.94. The Labute approximate surface area is 84.8 Å². The summed E-state index contributed by atoms with van der Waals surface area (Å²) in [6, 6.07) is 0. The van der Waals surface area contributed by atoms with Crippen molar-refractivity contribution in [2.24, 2.45) is 5.92 Å². The maximum atomic E-state index is 11.6. The summed E-state index contributed by atoms with van der Waals surface area (Å²) in [4.78, 5) is 22.3. The molecule has 3 nitrogen and oxygen atoms in total. The third kappa shape index (κ3) is 4.01. The fourth-order valence-corrected chi connectivity index (χ4v) is 1.71. The summed E-state index contributed by atoms with van der Waals surface area (Å²) in [6.45, 7) is 2.93. The van der Waals surface area contributed by atoms with Gasteiger partial charge in [0.25, 0.3) is 0 Å². The maximum Gasteiger partial charge on any atom is 0.138 e. The smallest absolute Gasteiger partial charge is 0.138 e. The van der Waals surface area contributed by atoms with Crippen LogP contribution in [0.3, 0.4) is 0 Å². The van der Waals surface area contributed by atoms with E-state index in [4.69, 9.17) is 4.74 Å². The number of ether oxygens (including phenoxy) is 1. The van der Waals surface area contributed by atoms with E-state index in [1.165, 1.54) is 0 Å². The lowest BCUT2D eigenvalue weighted by Gasteiger charge is -2.20. The first-order valence-corrected chi connectivity index (χ1v) is 5.30. The minimum atomic E-state index is 0.0932. The van der Waals surface area contributed by atoms with Crippen LogP contribution in [0.15, 0.2) is 0 Å². The molecule has 1 rings (SSSR count). The molecule has 0 radical (unpaired) electrons. The first-order valence-electron chi connectivity index (χ1n) is 5.30. The van der Waals surface area contributed by atoms with Gasteiger partial charge in [-0.05, 0) is 26.2 Å². The molecule has 1 fully saturated rings. The Morgan fingerprint density at radius 2 is 2.14 bits per heavy atom. The lowest BCUT2D eigenvalue weighted by molar-refractivity contribution is -0.127. The van der Waals surface area contributed by atoms with Crippen LogP contribution < -0.4 is 0 Å². The zero-order chi connectivity index (χ0) is 10.4. The zero-order valence-electron chi connectivity index (χ0n) is 8.75. The van der Waals surface area contributed by atoms with Crippen molar-refractivity contribution in [1.82, 2.24) is 0 Å². The summed E-state index contributed by atoms with van der Waals surface area (Å²) in [5.74, 6) is 0.527. The van der Waals surface area contributed by atoms with Crippen LogP contribution in [-0.4, -0.2) is 24.8 Å². The van der Waals surface area contributed by atoms with Gasteiger partial charge < -0.3 is 9.53 Å². The van der Waals surface area contributed by atoms with E-state index in [2.05, 4.69) is 0 Å². The van der Waals surface area contributed by atoms with Gasteiger partial charge in [-0.2, -0.15) is 0 Å². The Hall–Kier alpha value is -0.700. The number of Topliss-reactive ketones (excluding diaryl/α,β-unsaturated/α-hetero) is 2. The maximum absolute atomic E-state index is 11.6. The fraction of sp³-hybridized carbons (Fsp3) is 0.818. The van der Waals surface area contributed by atoms with Crippen molar-refractivity contribution in [1.29, 1.82) is 0 Å². The molecule has 0 aliphatic carbocycles. The van der Waals surface area contributed by atoms with Gasteiger partial charge in [0.1, 0.15) is 11.6 Å². The average molecular weight is 198 g/mol. The highest BCUT2D eigenvalue weighted by molar-refractivity contribution is 5.82. The van der Waals surface area contributed by atoms with Crippen LogP contribution in [0.4, 0.5) is 0 Å². The van der Waals surface area contributed by atoms with Gasteiger partial charge in [-0.25, -0.2) is 0 Å². The molecule has 1 aliphatic rings. The van der Waals surface area contributed by atoms with Crippen molar-refractivity contribution in [3.05, 3.63) is 0 Å². The van der Waals surface area contributed by atoms with E-state index in [1.807, 2.05) is 0 Å². The standard InChI is InChI=1S/C11H18O3/c1-9(12)4-2-6-11(13)10-5-3-7-14-8-10/h10H,2-8H2,1H3. The number of carbonyl (C=O) groups excluding carboxylic acids is 2. The molecule has 14 heavy (non-hydrogen) atoms. The van der Waals surface area contributed by atoms with Crippen LogP contribution in [0.25, 0.3) is 0 Å². The van der Waals surface area contributed by atoms with Gasteiger partial charge in [0.15, 0.2) is 0 Å². The Morgan fingerprint density at radius 1 is 1.36 bits per heavy atom. The fourth-order valence-electron chi connectivity index (χ4n) is 1.71. The monoisotopic (exact) mass is 198 g/mol. The van der Waals surface area contributed by atoms with Gasteiger partial charge in [-0.15, -0.1) is 0 Å². The van der Waals surface area contributed by atoms with E-state index in [0.29, 0.717) is 25.9 Å². The Kier molecular flexibility index (Phi) is 4.80. The number of hydrogen-bond donors (Lipinski definition) is 0. The van der Waals surface area contributed by atoms with Crippen molar-refractivity contribution in [2.45, 2.75) is 39.0 Å². The molecule has 0 saturated carbocycles. The van der Waals surface area contributed by atoms with Crippen LogP contribution in [0.5, 0.6) is 0 Å². The van der Waals surface area contributed by atoms with Gasteiger partial charge in [0.05, 0.1) is 6.61 Å². The van der Waals surface area contributed by atoms with E-state index in [1.54, 1.807) is 6.92 Å². The first-order chi connectivity index (χ1) is 6.70. The van der Waals surface area contributed by atoms with Crippen molar-refractivity contribution in [3.63, 3.8) is 0 Å². The van der Waals surface area contributed by atoms with E-state index >= 15 is 0 Å². The second-order valence-electron chi connectivity index (χ2n) is 3.94. The molecule has 0 amide bonds. The predicted molar refractivity (Wildman–Crippen MR) is 53.1 cm³/mol. The molecule has 3 heteroatoms.